The van der Waals surface area contributed by atoms with Crippen molar-refractivity contribution in [1.29, 1.82) is 0 Å². The lowest BCUT2D eigenvalue weighted by Gasteiger charge is -2.21. The number of rotatable bonds is 2. The third-order valence-corrected chi connectivity index (χ3v) is 4.21. The topological polar surface area (TPSA) is 0 Å². The van der Waals surface area contributed by atoms with Gasteiger partial charge in [0.05, 0.1) is 0 Å². The van der Waals surface area contributed by atoms with Gasteiger partial charge < -0.3 is 0 Å². The van der Waals surface area contributed by atoms with Gasteiger partial charge in [0.2, 0.25) is 0 Å². The maximum Gasteiger partial charge on any atom is 0.0442 e. The third-order valence-electron chi connectivity index (χ3n) is 3.60. The molecule has 106 valence electrons. The van der Waals surface area contributed by atoms with Gasteiger partial charge in [0.1, 0.15) is 0 Å². The van der Waals surface area contributed by atoms with Crippen LogP contribution in [0.2, 0.25) is 10.0 Å². The minimum Gasteiger partial charge on any atom is -0.0843 e. The Morgan fingerprint density at radius 3 is 2.25 bits per heavy atom. The molecule has 0 aliphatic carbocycles. The van der Waals surface area contributed by atoms with Crippen LogP contribution in [0.4, 0.5) is 0 Å². The lowest BCUT2D eigenvalue weighted by molar-refractivity contribution is 0.589. The third kappa shape index (κ3) is 3.56. The van der Waals surface area contributed by atoms with E-state index in [2.05, 4.69) is 45.9 Å². The lowest BCUT2D eigenvalue weighted by Crippen LogP contribution is -2.11. The highest BCUT2D eigenvalue weighted by Gasteiger charge is 2.15. The minimum absolute atomic E-state index is 0.153. The normalized spacial score (nSPS) is 11.7. The van der Waals surface area contributed by atoms with E-state index in [1.54, 1.807) is 0 Å². The van der Waals surface area contributed by atoms with Crippen LogP contribution in [0.1, 0.15) is 43.0 Å². The Morgan fingerprint density at radius 2 is 1.60 bits per heavy atom. The van der Waals surface area contributed by atoms with E-state index in [-0.39, 0.29) is 5.41 Å². The SMILES string of the molecule is Cc1ccc(C(C)(C)C)cc1Cc1cc(Cl)ccc1Cl. The maximum absolute atomic E-state index is 6.27. The van der Waals surface area contributed by atoms with E-state index in [0.717, 1.165) is 22.0 Å². The van der Waals surface area contributed by atoms with E-state index >= 15 is 0 Å². The van der Waals surface area contributed by atoms with Crippen molar-refractivity contribution in [2.45, 2.75) is 39.5 Å². The Kier molecular flexibility index (Phi) is 4.46. The largest absolute Gasteiger partial charge is 0.0843 e. The first-order chi connectivity index (χ1) is 9.27. The molecule has 0 radical (unpaired) electrons. The molecule has 0 saturated carbocycles. The first-order valence-corrected chi connectivity index (χ1v) is 7.57. The van der Waals surface area contributed by atoms with Gasteiger partial charge >= 0.3 is 0 Å². The second-order valence-corrected chi connectivity index (χ2v) is 7.15. The number of aryl methyl sites for hydroxylation is 1. The van der Waals surface area contributed by atoms with Crippen molar-refractivity contribution in [1.82, 2.24) is 0 Å². The Morgan fingerprint density at radius 1 is 0.900 bits per heavy atom. The molecule has 2 heteroatoms. The Bertz CT molecular complexity index is 622. The van der Waals surface area contributed by atoms with E-state index in [1.807, 2.05) is 18.2 Å². The Hall–Kier alpha value is -0.980. The van der Waals surface area contributed by atoms with E-state index in [0.29, 0.717) is 0 Å². The van der Waals surface area contributed by atoms with Crippen LogP contribution >= 0.6 is 23.2 Å². The average Bonchev–Trinajstić information content (AvgIpc) is 2.35. The smallest absolute Gasteiger partial charge is 0.0442 e. The molecule has 0 spiro atoms. The Balaban J connectivity index is 2.40. The molecule has 0 aliphatic rings. The molecule has 0 atom stereocenters. The molecule has 0 nitrogen and oxygen atoms in total. The van der Waals surface area contributed by atoms with Gasteiger partial charge in [0.25, 0.3) is 0 Å². The average molecular weight is 307 g/mol. The number of benzene rings is 2. The van der Waals surface area contributed by atoms with E-state index in [4.69, 9.17) is 23.2 Å². The summed E-state index contributed by atoms with van der Waals surface area (Å²) in [6.45, 7) is 8.83. The molecule has 2 aromatic rings. The van der Waals surface area contributed by atoms with Gasteiger partial charge in [-0.15, -0.1) is 0 Å². The van der Waals surface area contributed by atoms with E-state index in [1.165, 1.54) is 16.7 Å². The molecule has 0 aliphatic heterocycles. The van der Waals surface area contributed by atoms with Crippen molar-refractivity contribution in [2.24, 2.45) is 0 Å². The second kappa shape index (κ2) is 5.79. The van der Waals surface area contributed by atoms with Crippen LogP contribution in [0.3, 0.4) is 0 Å². The van der Waals surface area contributed by atoms with Crippen molar-refractivity contribution < 1.29 is 0 Å². The highest BCUT2D eigenvalue weighted by Crippen LogP contribution is 2.28. The summed E-state index contributed by atoms with van der Waals surface area (Å²) < 4.78 is 0. The fourth-order valence-corrected chi connectivity index (χ4v) is 2.59. The van der Waals surface area contributed by atoms with Gasteiger partial charge in [-0.2, -0.15) is 0 Å². The fourth-order valence-electron chi connectivity index (χ4n) is 2.21. The zero-order valence-electron chi connectivity index (χ0n) is 12.4. The molecule has 0 amide bonds. The highest BCUT2D eigenvalue weighted by molar-refractivity contribution is 6.33. The monoisotopic (exact) mass is 306 g/mol. The predicted molar refractivity (Wildman–Crippen MR) is 89.1 cm³/mol. The highest BCUT2D eigenvalue weighted by atomic mass is 35.5. The summed E-state index contributed by atoms with van der Waals surface area (Å²) in [6.07, 6.45) is 0.815. The van der Waals surface area contributed by atoms with Crippen LogP contribution in [0.25, 0.3) is 0 Å². The molecule has 0 saturated heterocycles. The van der Waals surface area contributed by atoms with Crippen molar-refractivity contribution in [2.75, 3.05) is 0 Å². The van der Waals surface area contributed by atoms with Gasteiger partial charge in [0.15, 0.2) is 0 Å². The zero-order valence-corrected chi connectivity index (χ0v) is 13.9. The quantitative estimate of drug-likeness (QED) is 0.620. The zero-order chi connectivity index (χ0) is 14.9. The van der Waals surface area contributed by atoms with Gasteiger partial charge in [-0.25, -0.2) is 0 Å². The van der Waals surface area contributed by atoms with Gasteiger partial charge in [-0.1, -0.05) is 62.2 Å². The lowest BCUT2D eigenvalue weighted by atomic mass is 9.84. The molecule has 0 bridgehead atoms. The van der Waals surface area contributed by atoms with E-state index < -0.39 is 0 Å². The molecular formula is C18H20Cl2. The van der Waals surface area contributed by atoms with Crippen LogP contribution < -0.4 is 0 Å². The van der Waals surface area contributed by atoms with Gasteiger partial charge in [-0.3, -0.25) is 0 Å². The first-order valence-electron chi connectivity index (χ1n) is 6.81. The van der Waals surface area contributed by atoms with Crippen molar-refractivity contribution >= 4 is 23.2 Å². The van der Waals surface area contributed by atoms with Crippen LogP contribution in [-0.4, -0.2) is 0 Å². The first kappa shape index (κ1) is 15.4. The van der Waals surface area contributed by atoms with Crippen LogP contribution in [0.15, 0.2) is 36.4 Å². The fraction of sp³-hybridized carbons (Fsp3) is 0.333. The van der Waals surface area contributed by atoms with E-state index in [9.17, 15) is 0 Å². The minimum atomic E-state index is 0.153. The summed E-state index contributed by atoms with van der Waals surface area (Å²) in [5.41, 5.74) is 5.17. The van der Waals surface area contributed by atoms with Crippen molar-refractivity contribution in [3.8, 4) is 0 Å². The molecule has 0 aromatic heterocycles. The maximum atomic E-state index is 6.27. The molecule has 0 heterocycles. The predicted octanol–water partition coefficient (Wildman–Crippen LogP) is 6.19. The van der Waals surface area contributed by atoms with Gasteiger partial charge in [-0.05, 0) is 59.2 Å². The van der Waals surface area contributed by atoms with Crippen LogP contribution in [-0.2, 0) is 11.8 Å². The van der Waals surface area contributed by atoms with Crippen molar-refractivity contribution in [3.63, 3.8) is 0 Å². The molecule has 0 fully saturated rings. The number of hydrogen-bond acceptors (Lipinski definition) is 0. The summed E-state index contributed by atoms with van der Waals surface area (Å²) in [5.74, 6) is 0. The molecular weight excluding hydrogens is 287 g/mol. The number of hydrogen-bond donors (Lipinski definition) is 0. The number of halogens is 2. The summed E-state index contributed by atoms with van der Waals surface area (Å²) in [4.78, 5) is 0. The summed E-state index contributed by atoms with van der Waals surface area (Å²) in [5, 5.41) is 1.50. The molecule has 2 aromatic carbocycles. The summed E-state index contributed by atoms with van der Waals surface area (Å²) in [6, 6.07) is 12.3. The summed E-state index contributed by atoms with van der Waals surface area (Å²) in [7, 11) is 0. The van der Waals surface area contributed by atoms with Crippen molar-refractivity contribution in [3.05, 3.63) is 68.7 Å². The summed E-state index contributed by atoms with van der Waals surface area (Å²) >= 11 is 12.3. The molecule has 0 N–H and O–H groups in total. The van der Waals surface area contributed by atoms with Gasteiger partial charge in [0, 0.05) is 10.0 Å². The second-order valence-electron chi connectivity index (χ2n) is 6.30. The van der Waals surface area contributed by atoms with Crippen LogP contribution in [0.5, 0.6) is 0 Å². The molecule has 0 unspecified atom stereocenters. The van der Waals surface area contributed by atoms with Crippen LogP contribution in [0, 0.1) is 6.92 Å². The molecule has 20 heavy (non-hydrogen) atoms. The standard InChI is InChI=1S/C18H20Cl2/c1-12-5-6-15(18(2,3)4)10-13(12)9-14-11-16(19)7-8-17(14)20/h5-8,10-11H,9H2,1-4H3. The molecule has 2 rings (SSSR count). The Labute approximate surface area is 131 Å².